The van der Waals surface area contributed by atoms with Gasteiger partial charge in [-0.15, -0.1) is 0 Å². The summed E-state index contributed by atoms with van der Waals surface area (Å²) >= 11 is 5.97. The van der Waals surface area contributed by atoms with Crippen molar-refractivity contribution in [2.45, 2.75) is 13.3 Å². The Kier molecular flexibility index (Phi) is 3.58. The van der Waals surface area contributed by atoms with Crippen LogP contribution in [0.25, 0.3) is 10.8 Å². The molecular formula is C13H11ClN2O2. The van der Waals surface area contributed by atoms with Gasteiger partial charge in [-0.25, -0.2) is 0 Å². The van der Waals surface area contributed by atoms with Gasteiger partial charge >= 0.3 is 0 Å². The molecule has 0 fully saturated rings. The van der Waals surface area contributed by atoms with Crippen LogP contribution in [0.2, 0.25) is 5.02 Å². The number of pyridine rings is 1. The molecule has 5 heteroatoms. The van der Waals surface area contributed by atoms with Crippen LogP contribution in [0, 0.1) is 0 Å². The second kappa shape index (κ2) is 5.14. The number of carbonyl (C=O) groups excluding carboxylic acids is 2. The van der Waals surface area contributed by atoms with Crippen molar-refractivity contribution in [1.82, 2.24) is 4.98 Å². The van der Waals surface area contributed by atoms with Gasteiger partial charge in [-0.2, -0.15) is 0 Å². The number of rotatable bonds is 3. The third-order valence-electron chi connectivity index (χ3n) is 2.40. The molecule has 1 aromatic heterocycles. The molecule has 1 heterocycles. The highest BCUT2D eigenvalue weighted by molar-refractivity contribution is 6.32. The van der Waals surface area contributed by atoms with Crippen LogP contribution >= 0.6 is 11.6 Å². The summed E-state index contributed by atoms with van der Waals surface area (Å²) < 4.78 is 0. The summed E-state index contributed by atoms with van der Waals surface area (Å²) in [6.45, 7) is 1.37. The summed E-state index contributed by atoms with van der Waals surface area (Å²) in [4.78, 5) is 26.5. The number of nitrogens with one attached hydrogen (secondary N) is 1. The molecule has 18 heavy (non-hydrogen) atoms. The van der Waals surface area contributed by atoms with Gasteiger partial charge in [-0.05, 0) is 25.1 Å². The summed E-state index contributed by atoms with van der Waals surface area (Å²) in [6, 6.07) is 5.21. The maximum Gasteiger partial charge on any atom is 0.231 e. The predicted octanol–water partition coefficient (Wildman–Crippen LogP) is 2.81. The van der Waals surface area contributed by atoms with Crippen molar-refractivity contribution in [3.63, 3.8) is 0 Å². The van der Waals surface area contributed by atoms with Gasteiger partial charge in [0.2, 0.25) is 5.91 Å². The first kappa shape index (κ1) is 12.5. The number of fused-ring (bicyclic) bond motifs is 1. The highest BCUT2D eigenvalue weighted by Gasteiger charge is 2.09. The number of aromatic nitrogens is 1. The number of anilines is 1. The molecule has 0 atom stereocenters. The van der Waals surface area contributed by atoms with Crippen LogP contribution in [0.3, 0.4) is 0 Å². The van der Waals surface area contributed by atoms with E-state index in [9.17, 15) is 9.59 Å². The number of amides is 1. The first-order chi connectivity index (χ1) is 8.56. The molecule has 2 aromatic rings. The molecule has 0 aliphatic heterocycles. The van der Waals surface area contributed by atoms with E-state index in [0.717, 1.165) is 10.8 Å². The van der Waals surface area contributed by atoms with Crippen LogP contribution in [0.5, 0.6) is 0 Å². The Morgan fingerprint density at radius 1 is 1.39 bits per heavy atom. The molecule has 1 N–H and O–H groups in total. The normalized spacial score (nSPS) is 10.3. The third-order valence-corrected chi connectivity index (χ3v) is 2.62. The smallest absolute Gasteiger partial charge is 0.231 e. The minimum atomic E-state index is -0.345. The van der Waals surface area contributed by atoms with Gasteiger partial charge in [-0.1, -0.05) is 11.6 Å². The van der Waals surface area contributed by atoms with E-state index in [1.54, 1.807) is 30.6 Å². The standard InChI is InChI=1S/C13H11ClN2O2/c1-8(17)4-13(18)16-12-6-10(14)5-9-7-15-3-2-11(9)12/h2-3,5-7H,4H2,1H3,(H,16,18). The summed E-state index contributed by atoms with van der Waals surface area (Å²) in [5.41, 5.74) is 0.589. The lowest BCUT2D eigenvalue weighted by atomic mass is 10.1. The minimum Gasteiger partial charge on any atom is -0.325 e. The number of carbonyl (C=O) groups is 2. The predicted molar refractivity (Wildman–Crippen MR) is 70.7 cm³/mol. The maximum absolute atomic E-state index is 11.6. The van der Waals surface area contributed by atoms with Gasteiger partial charge < -0.3 is 5.32 Å². The van der Waals surface area contributed by atoms with Crippen LogP contribution in [-0.2, 0) is 9.59 Å². The lowest BCUT2D eigenvalue weighted by Gasteiger charge is -2.08. The summed E-state index contributed by atoms with van der Waals surface area (Å²) in [5, 5.41) is 4.87. The quantitative estimate of drug-likeness (QED) is 0.866. The lowest BCUT2D eigenvalue weighted by molar-refractivity contribution is -0.124. The Balaban J connectivity index is 2.38. The summed E-state index contributed by atoms with van der Waals surface area (Å²) in [5.74, 6) is -0.525. The Hall–Kier alpha value is -1.94. The molecule has 0 saturated carbocycles. The van der Waals surface area contributed by atoms with Gasteiger partial charge in [0.1, 0.15) is 5.78 Å². The van der Waals surface area contributed by atoms with Crippen LogP contribution in [-0.4, -0.2) is 16.7 Å². The van der Waals surface area contributed by atoms with E-state index in [1.165, 1.54) is 6.92 Å². The molecule has 1 aromatic carbocycles. The molecule has 1 amide bonds. The fourth-order valence-corrected chi connectivity index (χ4v) is 1.92. The zero-order chi connectivity index (χ0) is 13.1. The van der Waals surface area contributed by atoms with E-state index in [4.69, 9.17) is 11.6 Å². The van der Waals surface area contributed by atoms with Gasteiger partial charge in [0.15, 0.2) is 0 Å². The number of halogens is 1. The number of hydrogen-bond acceptors (Lipinski definition) is 3. The Bertz CT molecular complexity index is 625. The number of nitrogens with zero attached hydrogens (tertiary/aromatic N) is 1. The van der Waals surface area contributed by atoms with Gasteiger partial charge in [0, 0.05) is 28.2 Å². The van der Waals surface area contributed by atoms with E-state index in [2.05, 4.69) is 10.3 Å². The molecule has 0 aliphatic carbocycles. The largest absolute Gasteiger partial charge is 0.325 e. The van der Waals surface area contributed by atoms with E-state index in [0.29, 0.717) is 10.7 Å². The van der Waals surface area contributed by atoms with Crippen molar-refractivity contribution >= 4 is 39.8 Å². The van der Waals surface area contributed by atoms with Gasteiger partial charge in [0.25, 0.3) is 0 Å². The van der Waals surface area contributed by atoms with Crippen molar-refractivity contribution in [2.24, 2.45) is 0 Å². The van der Waals surface area contributed by atoms with Gasteiger partial charge in [-0.3, -0.25) is 14.6 Å². The highest BCUT2D eigenvalue weighted by Crippen LogP contribution is 2.27. The van der Waals surface area contributed by atoms with Crippen LogP contribution in [0.4, 0.5) is 5.69 Å². The second-order valence-electron chi connectivity index (χ2n) is 3.98. The highest BCUT2D eigenvalue weighted by atomic mass is 35.5. The maximum atomic E-state index is 11.6. The Labute approximate surface area is 109 Å². The molecule has 0 bridgehead atoms. The van der Waals surface area contributed by atoms with Crippen LogP contribution in [0.15, 0.2) is 30.6 Å². The van der Waals surface area contributed by atoms with E-state index < -0.39 is 0 Å². The van der Waals surface area contributed by atoms with Crippen LogP contribution in [0.1, 0.15) is 13.3 Å². The molecular weight excluding hydrogens is 252 g/mol. The average Bonchev–Trinajstić information content (AvgIpc) is 2.27. The molecule has 4 nitrogen and oxygen atoms in total. The zero-order valence-electron chi connectivity index (χ0n) is 9.74. The monoisotopic (exact) mass is 262 g/mol. The SMILES string of the molecule is CC(=O)CC(=O)Nc1cc(Cl)cc2cnccc12. The van der Waals surface area contributed by atoms with Crippen molar-refractivity contribution in [3.05, 3.63) is 35.6 Å². The third kappa shape index (κ3) is 2.84. The topological polar surface area (TPSA) is 59.1 Å². The van der Waals surface area contributed by atoms with Crippen molar-refractivity contribution in [2.75, 3.05) is 5.32 Å². The molecule has 0 saturated heterocycles. The second-order valence-corrected chi connectivity index (χ2v) is 4.41. The molecule has 92 valence electrons. The summed E-state index contributed by atoms with van der Waals surface area (Å²) in [7, 11) is 0. The number of benzene rings is 1. The molecule has 0 unspecified atom stereocenters. The van der Waals surface area contributed by atoms with Crippen molar-refractivity contribution < 1.29 is 9.59 Å². The zero-order valence-corrected chi connectivity index (χ0v) is 10.5. The van der Waals surface area contributed by atoms with Crippen LogP contribution < -0.4 is 5.32 Å². The fourth-order valence-electron chi connectivity index (χ4n) is 1.70. The van der Waals surface area contributed by atoms with Gasteiger partial charge in [0.05, 0.1) is 12.1 Å². The van der Waals surface area contributed by atoms with Crippen molar-refractivity contribution in [1.29, 1.82) is 0 Å². The lowest BCUT2D eigenvalue weighted by Crippen LogP contribution is -2.14. The van der Waals surface area contributed by atoms with E-state index in [1.807, 2.05) is 0 Å². The first-order valence-corrected chi connectivity index (χ1v) is 5.76. The fraction of sp³-hybridized carbons (Fsp3) is 0.154. The Morgan fingerprint density at radius 3 is 2.89 bits per heavy atom. The van der Waals surface area contributed by atoms with Crippen molar-refractivity contribution in [3.8, 4) is 0 Å². The number of ketones is 1. The Morgan fingerprint density at radius 2 is 2.17 bits per heavy atom. The number of Topliss-reactive ketones (excluding diaryl/α,β-unsaturated/α-hetero) is 1. The van der Waals surface area contributed by atoms with E-state index >= 15 is 0 Å². The first-order valence-electron chi connectivity index (χ1n) is 5.39. The molecule has 0 radical (unpaired) electrons. The number of hydrogen-bond donors (Lipinski definition) is 1. The summed E-state index contributed by atoms with van der Waals surface area (Å²) in [6.07, 6.45) is 3.16. The minimum absolute atomic E-state index is 0.140. The van der Waals surface area contributed by atoms with E-state index in [-0.39, 0.29) is 18.1 Å². The molecule has 2 rings (SSSR count). The average molecular weight is 263 g/mol. The molecule has 0 spiro atoms. The molecule has 0 aliphatic rings.